The Bertz CT molecular complexity index is 854. The molecule has 0 aromatic carbocycles. The van der Waals surface area contributed by atoms with Crippen molar-refractivity contribution < 1.29 is 93.6 Å². The number of rotatable bonds is 14. The zero-order chi connectivity index (χ0) is 32.0. The van der Waals surface area contributed by atoms with Gasteiger partial charge in [0.25, 0.3) is 0 Å². The number of hydrogen-bond acceptors (Lipinski definition) is 4. The summed E-state index contributed by atoms with van der Waals surface area (Å²) in [6.07, 6.45) is -11.6. The largest absolute Gasteiger partial charge is 0.460 e. The predicted molar refractivity (Wildman–Crippen MR) is 96.1 cm³/mol. The fourth-order valence-electron chi connectivity index (χ4n) is 3.72. The molecule has 0 bridgehead atoms. The summed E-state index contributed by atoms with van der Waals surface area (Å²) >= 11 is 0. The summed E-state index contributed by atoms with van der Waals surface area (Å²) < 4.78 is 253. The minimum Gasteiger partial charge on any atom is -0.348 e. The van der Waals surface area contributed by atoms with Crippen LogP contribution >= 0.6 is 0 Å². The van der Waals surface area contributed by atoms with E-state index in [9.17, 15) is 65.9 Å². The van der Waals surface area contributed by atoms with E-state index in [2.05, 4.69) is 0 Å². The molecule has 0 aromatic heterocycles. The molecule has 0 aliphatic carbocycles. The molecule has 1 saturated heterocycles. The van der Waals surface area contributed by atoms with Crippen LogP contribution in [0.5, 0.6) is 0 Å². The molecular formula is C19H21F17O4. The minimum atomic E-state index is -8.70. The lowest BCUT2D eigenvalue weighted by Crippen LogP contribution is -2.75. The first-order valence-corrected chi connectivity index (χ1v) is 10.9. The molecule has 2 unspecified atom stereocenters. The van der Waals surface area contributed by atoms with Gasteiger partial charge in [-0.25, -0.2) is 0 Å². The molecule has 0 spiro atoms. The topological polar surface area (TPSA) is 36.9 Å². The van der Waals surface area contributed by atoms with Crippen LogP contribution < -0.4 is 0 Å². The molecule has 240 valence electrons. The molecule has 1 aliphatic rings. The Morgan fingerprint density at radius 3 is 1.32 bits per heavy atom. The van der Waals surface area contributed by atoms with Crippen LogP contribution in [0.15, 0.2) is 0 Å². The van der Waals surface area contributed by atoms with E-state index in [1.807, 2.05) is 0 Å². The van der Waals surface area contributed by atoms with Crippen LogP contribution in [0.1, 0.15) is 27.2 Å². The number of hydrogen-bond donors (Lipinski definition) is 0. The Balaban J connectivity index is 3.81. The maximum Gasteiger partial charge on any atom is 0.460 e. The summed E-state index contributed by atoms with van der Waals surface area (Å²) in [5, 5.41) is 0. The average Bonchev–Trinajstić information content (AvgIpc) is 3.23. The van der Waals surface area contributed by atoms with Gasteiger partial charge in [-0.2, -0.15) is 74.6 Å². The van der Waals surface area contributed by atoms with Crippen molar-refractivity contribution >= 4 is 0 Å². The molecule has 0 N–H and O–H groups in total. The van der Waals surface area contributed by atoms with Crippen LogP contribution in [0, 0.1) is 5.92 Å². The Hall–Kier alpha value is -1.35. The van der Waals surface area contributed by atoms with Gasteiger partial charge >= 0.3 is 47.6 Å². The summed E-state index contributed by atoms with van der Waals surface area (Å²) in [5.74, 6) is -64.1. The normalized spacial score (nSPS) is 22.9. The Labute approximate surface area is 214 Å². The first-order chi connectivity index (χ1) is 17.7. The van der Waals surface area contributed by atoms with Crippen molar-refractivity contribution in [1.82, 2.24) is 0 Å². The van der Waals surface area contributed by atoms with Gasteiger partial charge in [-0.3, -0.25) is 0 Å². The molecule has 0 radical (unpaired) electrons. The van der Waals surface area contributed by atoms with Gasteiger partial charge in [0.2, 0.25) is 12.1 Å². The van der Waals surface area contributed by atoms with E-state index in [0.717, 1.165) is 20.8 Å². The van der Waals surface area contributed by atoms with E-state index in [4.69, 9.17) is 18.9 Å². The van der Waals surface area contributed by atoms with Crippen molar-refractivity contribution in [1.29, 1.82) is 0 Å². The fraction of sp³-hybridized carbons (Fsp3) is 1.00. The van der Waals surface area contributed by atoms with Gasteiger partial charge in [-0.1, -0.05) is 0 Å². The smallest absolute Gasteiger partial charge is 0.348 e. The maximum absolute atomic E-state index is 15.1. The molecule has 21 heteroatoms. The molecule has 0 amide bonds. The van der Waals surface area contributed by atoms with Crippen LogP contribution in [0.25, 0.3) is 0 Å². The molecule has 1 aliphatic heterocycles. The number of alkyl halides is 17. The second kappa shape index (κ2) is 11.1. The van der Waals surface area contributed by atoms with Gasteiger partial charge in [0, 0.05) is 19.8 Å². The number of ether oxygens (including phenoxy) is 4. The molecule has 40 heavy (non-hydrogen) atoms. The van der Waals surface area contributed by atoms with Crippen molar-refractivity contribution in [3.05, 3.63) is 0 Å². The molecule has 0 aromatic rings. The van der Waals surface area contributed by atoms with Gasteiger partial charge < -0.3 is 18.9 Å². The lowest BCUT2D eigenvalue weighted by molar-refractivity contribution is -0.468. The third-order valence-corrected chi connectivity index (χ3v) is 5.74. The van der Waals surface area contributed by atoms with Crippen molar-refractivity contribution in [2.75, 3.05) is 26.4 Å². The molecule has 4 nitrogen and oxygen atoms in total. The summed E-state index contributed by atoms with van der Waals surface area (Å²) in [4.78, 5) is 0. The van der Waals surface area contributed by atoms with E-state index >= 15 is 8.78 Å². The van der Waals surface area contributed by atoms with Gasteiger partial charge in [0.15, 0.2) is 0 Å². The SMILES string of the molecule is CCOC(OCC)C1(OCC)OCCC1C(F)(F)C(F)(F)C(F)(F)C(F)(F)C(F)(F)C(F)(F)C(F)(F)C(F)(F)F. The van der Waals surface area contributed by atoms with Crippen molar-refractivity contribution in [3.63, 3.8) is 0 Å². The lowest BCUT2D eigenvalue weighted by Gasteiger charge is -2.46. The van der Waals surface area contributed by atoms with E-state index in [0.29, 0.717) is 0 Å². The third kappa shape index (κ3) is 4.99. The van der Waals surface area contributed by atoms with E-state index in [1.54, 1.807) is 0 Å². The summed E-state index contributed by atoms with van der Waals surface area (Å²) in [6, 6.07) is 0. The quantitative estimate of drug-likeness (QED) is 0.150. The van der Waals surface area contributed by atoms with Gasteiger partial charge in [-0.15, -0.1) is 0 Å². The van der Waals surface area contributed by atoms with Crippen LogP contribution in [-0.2, 0) is 18.9 Å². The first-order valence-electron chi connectivity index (χ1n) is 10.9. The van der Waals surface area contributed by atoms with Crippen molar-refractivity contribution in [3.8, 4) is 0 Å². The fourth-order valence-corrected chi connectivity index (χ4v) is 3.72. The maximum atomic E-state index is 15.1. The predicted octanol–water partition coefficient (Wildman–Crippen LogP) is 7.16. The van der Waals surface area contributed by atoms with Gasteiger partial charge in [0.05, 0.1) is 12.5 Å². The average molecular weight is 636 g/mol. The van der Waals surface area contributed by atoms with Crippen LogP contribution in [0.4, 0.5) is 74.6 Å². The zero-order valence-corrected chi connectivity index (χ0v) is 20.2. The third-order valence-electron chi connectivity index (χ3n) is 5.74. The highest BCUT2D eigenvalue weighted by Gasteiger charge is 2.96. The Morgan fingerprint density at radius 1 is 0.600 bits per heavy atom. The molecule has 1 rings (SSSR count). The first kappa shape index (κ1) is 36.7. The highest BCUT2D eigenvalue weighted by atomic mass is 19.4. The Morgan fingerprint density at radius 2 is 0.975 bits per heavy atom. The van der Waals surface area contributed by atoms with Gasteiger partial charge in [0.1, 0.15) is 0 Å². The standard InChI is InChI=1S/C19H21F17O4/c1-4-37-10(38-5-2)11(39-6-3)9(7-8-40-11)12(20,21)13(22,23)14(24,25)15(26,27)16(28,29)17(30,31)18(32,33)19(34,35)36/h9-10H,4-8H2,1-3H3. The second-order valence-corrected chi connectivity index (χ2v) is 8.15. The molecule has 0 saturated carbocycles. The van der Waals surface area contributed by atoms with Crippen molar-refractivity contribution in [2.45, 2.75) is 86.9 Å². The Kier molecular flexibility index (Phi) is 10.1. The van der Waals surface area contributed by atoms with Gasteiger partial charge in [-0.05, 0) is 27.2 Å². The van der Waals surface area contributed by atoms with Crippen molar-refractivity contribution in [2.24, 2.45) is 5.92 Å². The summed E-state index contributed by atoms with van der Waals surface area (Å²) in [5.41, 5.74) is 0. The van der Waals surface area contributed by atoms with E-state index < -0.39 is 98.5 Å². The summed E-state index contributed by atoms with van der Waals surface area (Å²) in [7, 11) is 0. The minimum absolute atomic E-state index is 0.500. The lowest BCUT2D eigenvalue weighted by atomic mass is 9.81. The monoisotopic (exact) mass is 636 g/mol. The second-order valence-electron chi connectivity index (χ2n) is 8.15. The van der Waals surface area contributed by atoms with Crippen LogP contribution in [-0.4, -0.2) is 86.1 Å². The zero-order valence-electron chi connectivity index (χ0n) is 20.2. The molecule has 1 fully saturated rings. The van der Waals surface area contributed by atoms with E-state index in [-0.39, 0.29) is 0 Å². The van der Waals surface area contributed by atoms with E-state index in [1.165, 1.54) is 0 Å². The molecule has 1 heterocycles. The highest BCUT2D eigenvalue weighted by molar-refractivity contribution is 5.17. The number of halogens is 17. The van der Waals surface area contributed by atoms with Crippen LogP contribution in [0.3, 0.4) is 0 Å². The summed E-state index contributed by atoms with van der Waals surface area (Å²) in [6.45, 7) is 0.449. The van der Waals surface area contributed by atoms with Crippen LogP contribution in [0.2, 0.25) is 0 Å². The molecular weight excluding hydrogens is 615 g/mol. The highest BCUT2D eigenvalue weighted by Crippen LogP contribution is 2.65. The molecule has 2 atom stereocenters.